The van der Waals surface area contributed by atoms with Crippen LogP contribution in [0.4, 0.5) is 0 Å². The number of aryl methyl sites for hydroxylation is 1. The molecule has 0 aliphatic rings. The molecule has 1 amide bonds. The number of hydrogen-bond donors (Lipinski definition) is 1. The maximum Gasteiger partial charge on any atom is 0.243 e. The van der Waals surface area contributed by atoms with Crippen LogP contribution in [-0.4, -0.2) is 19.6 Å². The fourth-order valence-corrected chi connectivity index (χ4v) is 1.29. The minimum absolute atomic E-state index is 0.129. The summed E-state index contributed by atoms with van der Waals surface area (Å²) in [5.74, 6) is 0.711. The number of carbonyl (C=O) groups excluding carboxylic acids is 1. The van der Waals surface area contributed by atoms with E-state index in [9.17, 15) is 4.79 Å². The summed E-state index contributed by atoms with van der Waals surface area (Å²) < 4.78 is 5.49. The summed E-state index contributed by atoms with van der Waals surface area (Å²) in [7, 11) is 1.42. The van der Waals surface area contributed by atoms with Crippen LogP contribution in [0.1, 0.15) is 18.4 Å². The Kier molecular flexibility index (Phi) is 5.36. The van der Waals surface area contributed by atoms with Gasteiger partial charge in [0.25, 0.3) is 0 Å². The second-order valence-corrected chi connectivity index (χ2v) is 3.50. The number of rotatable bonds is 6. The van der Waals surface area contributed by atoms with Gasteiger partial charge in [-0.3, -0.25) is 9.63 Å². The highest BCUT2D eigenvalue weighted by atomic mass is 16.6. The van der Waals surface area contributed by atoms with Crippen LogP contribution in [0.25, 0.3) is 0 Å². The Balaban J connectivity index is 2.18. The molecular weight excluding hydrogens is 206 g/mol. The van der Waals surface area contributed by atoms with E-state index in [1.807, 2.05) is 31.2 Å². The molecule has 0 unspecified atom stereocenters. The molecule has 1 aromatic rings. The third-order valence-electron chi connectivity index (χ3n) is 2.02. The first-order chi connectivity index (χ1) is 7.72. The quantitative estimate of drug-likeness (QED) is 0.591. The maximum absolute atomic E-state index is 11.0. The van der Waals surface area contributed by atoms with Crippen LogP contribution in [0.15, 0.2) is 24.3 Å². The molecule has 0 saturated carbocycles. The molecular formula is C12H17NO3. The van der Waals surface area contributed by atoms with Crippen molar-refractivity contribution in [3.05, 3.63) is 29.8 Å². The molecule has 0 fully saturated rings. The zero-order valence-electron chi connectivity index (χ0n) is 9.66. The van der Waals surface area contributed by atoms with Crippen LogP contribution in [-0.2, 0) is 9.63 Å². The number of hydroxylamine groups is 1. The summed E-state index contributed by atoms with van der Waals surface area (Å²) in [5, 5.41) is 0. The summed E-state index contributed by atoms with van der Waals surface area (Å²) >= 11 is 0. The van der Waals surface area contributed by atoms with Crippen LogP contribution < -0.4 is 10.2 Å². The fourth-order valence-electron chi connectivity index (χ4n) is 1.29. The minimum atomic E-state index is -0.129. The highest BCUT2D eigenvalue weighted by molar-refractivity contribution is 5.74. The third-order valence-corrected chi connectivity index (χ3v) is 2.02. The predicted octanol–water partition coefficient (Wildman–Crippen LogP) is 1.83. The van der Waals surface area contributed by atoms with E-state index in [-0.39, 0.29) is 5.91 Å². The molecule has 1 aromatic carbocycles. The Morgan fingerprint density at radius 3 is 2.94 bits per heavy atom. The highest BCUT2D eigenvalue weighted by Gasteiger charge is 2.00. The summed E-state index contributed by atoms with van der Waals surface area (Å²) in [4.78, 5) is 15.5. The largest absolute Gasteiger partial charge is 0.494 e. The molecule has 4 heteroatoms. The molecule has 0 atom stereocenters. The predicted molar refractivity (Wildman–Crippen MR) is 61.1 cm³/mol. The lowest BCUT2D eigenvalue weighted by atomic mass is 10.2. The SMILES string of the molecule is CONC(=O)CCCOc1cccc(C)c1. The Bertz CT molecular complexity index is 339. The van der Waals surface area contributed by atoms with Crippen molar-refractivity contribution in [2.24, 2.45) is 0 Å². The van der Waals surface area contributed by atoms with E-state index >= 15 is 0 Å². The molecule has 0 aliphatic heterocycles. The lowest BCUT2D eigenvalue weighted by Crippen LogP contribution is -2.21. The van der Waals surface area contributed by atoms with Crippen molar-refractivity contribution in [2.75, 3.05) is 13.7 Å². The van der Waals surface area contributed by atoms with Crippen molar-refractivity contribution < 1.29 is 14.4 Å². The van der Waals surface area contributed by atoms with Crippen LogP contribution in [0.2, 0.25) is 0 Å². The summed E-state index contributed by atoms with van der Waals surface area (Å²) in [6.45, 7) is 2.54. The van der Waals surface area contributed by atoms with E-state index in [0.29, 0.717) is 19.4 Å². The zero-order chi connectivity index (χ0) is 11.8. The Labute approximate surface area is 95.5 Å². The van der Waals surface area contributed by atoms with Gasteiger partial charge in [-0.25, -0.2) is 5.48 Å². The van der Waals surface area contributed by atoms with Gasteiger partial charge in [-0.15, -0.1) is 0 Å². The van der Waals surface area contributed by atoms with Gasteiger partial charge in [-0.2, -0.15) is 0 Å². The molecule has 0 aliphatic carbocycles. The average Bonchev–Trinajstić information content (AvgIpc) is 2.25. The zero-order valence-corrected chi connectivity index (χ0v) is 9.66. The molecule has 0 bridgehead atoms. The van der Waals surface area contributed by atoms with Crippen molar-refractivity contribution in [1.29, 1.82) is 0 Å². The van der Waals surface area contributed by atoms with Crippen molar-refractivity contribution in [3.8, 4) is 5.75 Å². The Hall–Kier alpha value is -1.55. The molecule has 1 N–H and O–H groups in total. The van der Waals surface area contributed by atoms with E-state index in [1.54, 1.807) is 0 Å². The number of ether oxygens (including phenoxy) is 1. The standard InChI is InChI=1S/C12H17NO3/c1-10-5-3-6-11(9-10)16-8-4-7-12(14)13-15-2/h3,5-6,9H,4,7-8H2,1-2H3,(H,13,14). The third kappa shape index (κ3) is 4.79. The van der Waals surface area contributed by atoms with Crippen LogP contribution >= 0.6 is 0 Å². The highest BCUT2D eigenvalue weighted by Crippen LogP contribution is 2.12. The molecule has 16 heavy (non-hydrogen) atoms. The lowest BCUT2D eigenvalue weighted by molar-refractivity contribution is -0.131. The smallest absolute Gasteiger partial charge is 0.243 e. The van der Waals surface area contributed by atoms with E-state index in [0.717, 1.165) is 11.3 Å². The Morgan fingerprint density at radius 2 is 2.25 bits per heavy atom. The number of nitrogens with one attached hydrogen (secondary N) is 1. The molecule has 1 rings (SSSR count). The van der Waals surface area contributed by atoms with Crippen LogP contribution in [0.5, 0.6) is 5.75 Å². The van der Waals surface area contributed by atoms with Crippen LogP contribution in [0, 0.1) is 6.92 Å². The van der Waals surface area contributed by atoms with Crippen molar-refractivity contribution in [1.82, 2.24) is 5.48 Å². The maximum atomic E-state index is 11.0. The summed E-state index contributed by atoms with van der Waals surface area (Å²) in [6, 6.07) is 7.83. The number of hydrogen-bond acceptors (Lipinski definition) is 3. The lowest BCUT2D eigenvalue weighted by Gasteiger charge is -2.06. The van der Waals surface area contributed by atoms with E-state index < -0.39 is 0 Å². The molecule has 0 aromatic heterocycles. The molecule has 0 heterocycles. The van der Waals surface area contributed by atoms with Crippen molar-refractivity contribution in [2.45, 2.75) is 19.8 Å². The van der Waals surface area contributed by atoms with Gasteiger partial charge in [-0.1, -0.05) is 12.1 Å². The van der Waals surface area contributed by atoms with Gasteiger partial charge < -0.3 is 4.74 Å². The first-order valence-corrected chi connectivity index (χ1v) is 5.23. The van der Waals surface area contributed by atoms with Crippen molar-refractivity contribution in [3.63, 3.8) is 0 Å². The molecule has 88 valence electrons. The molecule has 0 saturated heterocycles. The van der Waals surface area contributed by atoms with Gasteiger partial charge in [0.1, 0.15) is 5.75 Å². The second kappa shape index (κ2) is 6.85. The number of carbonyl (C=O) groups is 1. The first-order valence-electron chi connectivity index (χ1n) is 5.23. The van der Waals surface area contributed by atoms with Gasteiger partial charge >= 0.3 is 0 Å². The van der Waals surface area contributed by atoms with Crippen molar-refractivity contribution >= 4 is 5.91 Å². The second-order valence-electron chi connectivity index (χ2n) is 3.50. The summed E-state index contributed by atoms with van der Waals surface area (Å²) in [5.41, 5.74) is 3.42. The van der Waals surface area contributed by atoms with Gasteiger partial charge in [0.15, 0.2) is 0 Å². The monoisotopic (exact) mass is 223 g/mol. The fraction of sp³-hybridized carbons (Fsp3) is 0.417. The average molecular weight is 223 g/mol. The minimum Gasteiger partial charge on any atom is -0.494 e. The number of benzene rings is 1. The van der Waals surface area contributed by atoms with E-state index in [2.05, 4.69) is 10.3 Å². The van der Waals surface area contributed by atoms with Gasteiger partial charge in [0, 0.05) is 6.42 Å². The van der Waals surface area contributed by atoms with Gasteiger partial charge in [-0.05, 0) is 31.0 Å². The summed E-state index contributed by atoms with van der Waals surface area (Å²) in [6.07, 6.45) is 1.07. The molecule has 0 spiro atoms. The van der Waals surface area contributed by atoms with Gasteiger partial charge in [0.2, 0.25) is 5.91 Å². The van der Waals surface area contributed by atoms with Crippen LogP contribution in [0.3, 0.4) is 0 Å². The van der Waals surface area contributed by atoms with E-state index in [1.165, 1.54) is 7.11 Å². The Morgan fingerprint density at radius 1 is 1.44 bits per heavy atom. The molecule has 0 radical (unpaired) electrons. The first kappa shape index (κ1) is 12.5. The normalized spacial score (nSPS) is 9.88. The molecule has 4 nitrogen and oxygen atoms in total. The van der Waals surface area contributed by atoms with Gasteiger partial charge in [0.05, 0.1) is 13.7 Å². The number of amides is 1. The van der Waals surface area contributed by atoms with E-state index in [4.69, 9.17) is 4.74 Å². The topological polar surface area (TPSA) is 47.6 Å².